The smallest absolute Gasteiger partial charge is 0.267 e. The number of Topliss-reactive ketones (excluding diaryl/α,β-unsaturated/α-hetero) is 1. The van der Waals surface area contributed by atoms with E-state index < -0.39 is 0 Å². The first-order valence-electron chi connectivity index (χ1n) is 9.90. The highest BCUT2D eigenvalue weighted by Gasteiger charge is 2.16. The van der Waals surface area contributed by atoms with Crippen molar-refractivity contribution < 1.29 is 4.79 Å². The third-order valence-corrected chi connectivity index (χ3v) is 6.44. The van der Waals surface area contributed by atoms with E-state index in [1.165, 1.54) is 11.8 Å². The van der Waals surface area contributed by atoms with Gasteiger partial charge < -0.3 is 0 Å². The van der Waals surface area contributed by atoms with Gasteiger partial charge in [-0.15, -0.1) is 0 Å². The Bertz CT molecular complexity index is 1300. The van der Waals surface area contributed by atoms with Gasteiger partial charge in [0.25, 0.3) is 5.56 Å². The quantitative estimate of drug-likeness (QED) is 0.145. The fraction of sp³-hybridized carbons (Fsp3) is 0.167. The Morgan fingerprint density at radius 1 is 1.06 bits per heavy atom. The molecule has 0 bridgehead atoms. The van der Waals surface area contributed by atoms with Gasteiger partial charge >= 0.3 is 0 Å². The molecule has 0 unspecified atom stereocenters. The van der Waals surface area contributed by atoms with Crippen LogP contribution in [-0.4, -0.2) is 26.1 Å². The molecule has 0 saturated carbocycles. The van der Waals surface area contributed by atoms with Gasteiger partial charge in [-0.2, -0.15) is 0 Å². The molecule has 0 aliphatic heterocycles. The Morgan fingerprint density at radius 3 is 2.61 bits per heavy atom. The van der Waals surface area contributed by atoms with Gasteiger partial charge in [0.05, 0.1) is 10.9 Å². The lowest BCUT2D eigenvalue weighted by Gasteiger charge is -2.14. The minimum absolute atomic E-state index is 0.109. The summed E-state index contributed by atoms with van der Waals surface area (Å²) in [5, 5.41) is 1.14. The lowest BCUT2D eigenvalue weighted by molar-refractivity contribution is 0.0982. The lowest BCUT2D eigenvalue weighted by Crippen LogP contribution is -2.23. The van der Waals surface area contributed by atoms with E-state index in [9.17, 15) is 9.59 Å². The van der Waals surface area contributed by atoms with E-state index in [0.29, 0.717) is 46.0 Å². The van der Waals surface area contributed by atoms with Crippen LogP contribution in [0.25, 0.3) is 16.7 Å². The molecule has 4 rings (SSSR count). The zero-order chi connectivity index (χ0) is 21.8. The number of hydrogen-bond acceptors (Lipinski definition) is 5. The highest BCUT2D eigenvalue weighted by molar-refractivity contribution is 9.10. The van der Waals surface area contributed by atoms with Gasteiger partial charge in [0.2, 0.25) is 0 Å². The lowest BCUT2D eigenvalue weighted by atomic mass is 10.1. The van der Waals surface area contributed by atoms with Crippen molar-refractivity contribution in [3.63, 3.8) is 0 Å². The molecule has 2 aromatic heterocycles. The molecule has 0 aliphatic carbocycles. The second-order valence-electron chi connectivity index (χ2n) is 7.08. The first kappa shape index (κ1) is 21.5. The van der Waals surface area contributed by atoms with Crippen LogP contribution in [0.4, 0.5) is 0 Å². The summed E-state index contributed by atoms with van der Waals surface area (Å²) in [6.45, 7) is 1.93. The van der Waals surface area contributed by atoms with Gasteiger partial charge in [-0.1, -0.05) is 58.0 Å². The van der Waals surface area contributed by atoms with Gasteiger partial charge in [-0.25, -0.2) is 14.5 Å². The number of rotatable bonds is 7. The number of thioether (sulfide) groups is 1. The molecule has 0 aliphatic rings. The molecule has 2 heterocycles. The normalized spacial score (nSPS) is 11.0. The van der Waals surface area contributed by atoms with Crippen LogP contribution < -0.4 is 5.56 Å². The molecule has 0 amide bonds. The second-order valence-corrected chi connectivity index (χ2v) is 9.06. The zero-order valence-electron chi connectivity index (χ0n) is 16.9. The summed E-state index contributed by atoms with van der Waals surface area (Å²) in [7, 11) is 0. The van der Waals surface area contributed by atoms with Crippen LogP contribution in [0.3, 0.4) is 0 Å². The van der Waals surface area contributed by atoms with Crippen molar-refractivity contribution in [2.24, 2.45) is 0 Å². The van der Waals surface area contributed by atoms with Crippen LogP contribution in [0, 0.1) is 6.92 Å². The molecule has 31 heavy (non-hydrogen) atoms. The van der Waals surface area contributed by atoms with Crippen molar-refractivity contribution in [1.82, 2.24) is 14.5 Å². The van der Waals surface area contributed by atoms with Crippen LogP contribution in [-0.2, 0) is 0 Å². The molecule has 0 atom stereocenters. The number of aromatic nitrogens is 3. The predicted octanol–water partition coefficient (Wildman–Crippen LogP) is 5.61. The van der Waals surface area contributed by atoms with Crippen molar-refractivity contribution in [3.05, 3.63) is 92.8 Å². The van der Waals surface area contributed by atoms with E-state index in [-0.39, 0.29) is 11.3 Å². The molecule has 0 saturated heterocycles. The molecule has 0 spiro atoms. The highest BCUT2D eigenvalue weighted by atomic mass is 79.9. The molecule has 4 aromatic rings. The van der Waals surface area contributed by atoms with Crippen molar-refractivity contribution in [1.29, 1.82) is 0 Å². The monoisotopic (exact) mass is 493 g/mol. The molecule has 0 N–H and O–H groups in total. The molecule has 156 valence electrons. The maximum Gasteiger partial charge on any atom is 0.267 e. The summed E-state index contributed by atoms with van der Waals surface area (Å²) >= 11 is 4.86. The fourth-order valence-electron chi connectivity index (χ4n) is 3.28. The molecular formula is C24H20BrN3O2S. The van der Waals surface area contributed by atoms with Crippen molar-refractivity contribution >= 4 is 44.4 Å². The molecule has 5 nitrogen and oxygen atoms in total. The molecular weight excluding hydrogens is 474 g/mol. The molecule has 7 heteroatoms. The van der Waals surface area contributed by atoms with E-state index in [2.05, 4.69) is 20.9 Å². The Hall–Kier alpha value is -2.77. The Labute approximate surface area is 192 Å². The van der Waals surface area contributed by atoms with Gasteiger partial charge in [0.15, 0.2) is 10.9 Å². The van der Waals surface area contributed by atoms with Gasteiger partial charge in [-0.3, -0.25) is 9.59 Å². The Kier molecular flexibility index (Phi) is 6.63. The maximum atomic E-state index is 13.3. The largest absolute Gasteiger partial charge is 0.294 e. The number of benzene rings is 2. The number of pyridine rings is 1. The third kappa shape index (κ3) is 4.78. The fourth-order valence-corrected chi connectivity index (χ4v) is 4.48. The first-order chi connectivity index (χ1) is 15.0. The number of nitrogens with zero attached hydrogens (tertiary/aromatic N) is 3. The summed E-state index contributed by atoms with van der Waals surface area (Å²) in [5.41, 5.74) is 2.12. The number of para-hydroxylation sites is 1. The second kappa shape index (κ2) is 9.58. The van der Waals surface area contributed by atoms with Crippen LogP contribution in [0.1, 0.15) is 28.8 Å². The predicted molar refractivity (Wildman–Crippen MR) is 128 cm³/mol. The van der Waals surface area contributed by atoms with Crippen molar-refractivity contribution in [2.45, 2.75) is 24.9 Å². The molecule has 2 aromatic carbocycles. The van der Waals surface area contributed by atoms with Crippen molar-refractivity contribution in [2.75, 3.05) is 5.75 Å². The highest BCUT2D eigenvalue weighted by Crippen LogP contribution is 2.23. The number of halogens is 1. The topological polar surface area (TPSA) is 64.8 Å². The number of hydrogen-bond donors (Lipinski definition) is 0. The van der Waals surface area contributed by atoms with Crippen LogP contribution in [0.2, 0.25) is 0 Å². The number of ketones is 1. The Balaban J connectivity index is 1.57. The van der Waals surface area contributed by atoms with Crippen LogP contribution >= 0.6 is 27.7 Å². The number of carbonyl (C=O) groups is 1. The van der Waals surface area contributed by atoms with E-state index in [1.54, 1.807) is 16.8 Å². The maximum absolute atomic E-state index is 13.3. The molecule has 0 fully saturated rings. The van der Waals surface area contributed by atoms with Gasteiger partial charge in [0.1, 0.15) is 5.82 Å². The SMILES string of the molecule is Cc1cccnc1-n1c(SCCCC(=O)c2ccc(Br)cc2)nc2ccccc2c1=O. The summed E-state index contributed by atoms with van der Waals surface area (Å²) in [6.07, 6.45) is 2.80. The van der Waals surface area contributed by atoms with E-state index in [0.717, 1.165) is 10.0 Å². The number of aryl methyl sites for hydroxylation is 1. The Morgan fingerprint density at radius 2 is 1.84 bits per heavy atom. The standard InChI is InChI=1S/C24H20BrN3O2S/c1-16-6-4-14-26-22(16)28-23(30)19-7-2-3-8-20(19)27-24(28)31-15-5-9-21(29)17-10-12-18(25)13-11-17/h2-4,6-8,10-14H,5,9,15H2,1H3. The summed E-state index contributed by atoms with van der Waals surface area (Å²) in [4.78, 5) is 34.9. The van der Waals surface area contributed by atoms with E-state index >= 15 is 0 Å². The average Bonchev–Trinajstić information content (AvgIpc) is 2.78. The van der Waals surface area contributed by atoms with E-state index in [1.807, 2.05) is 61.5 Å². The minimum Gasteiger partial charge on any atom is -0.294 e. The summed E-state index contributed by atoms with van der Waals surface area (Å²) in [5.74, 6) is 1.36. The number of fused-ring (bicyclic) bond motifs is 1. The number of carbonyl (C=O) groups excluding carboxylic acids is 1. The van der Waals surface area contributed by atoms with Crippen LogP contribution in [0.15, 0.2) is 81.3 Å². The van der Waals surface area contributed by atoms with Crippen molar-refractivity contribution in [3.8, 4) is 5.82 Å². The summed E-state index contributed by atoms with van der Waals surface area (Å²) < 4.78 is 2.53. The average molecular weight is 494 g/mol. The summed E-state index contributed by atoms with van der Waals surface area (Å²) in [6, 6.07) is 18.5. The van der Waals surface area contributed by atoms with Crippen LogP contribution in [0.5, 0.6) is 0 Å². The zero-order valence-corrected chi connectivity index (χ0v) is 19.3. The first-order valence-corrected chi connectivity index (χ1v) is 11.7. The minimum atomic E-state index is -0.138. The van der Waals surface area contributed by atoms with E-state index in [4.69, 9.17) is 4.98 Å². The van der Waals surface area contributed by atoms with Gasteiger partial charge in [0, 0.05) is 28.4 Å². The van der Waals surface area contributed by atoms with Gasteiger partial charge in [-0.05, 0) is 49.2 Å². The molecule has 0 radical (unpaired) electrons. The third-order valence-electron chi connectivity index (χ3n) is 4.88.